The zero-order valence-electron chi connectivity index (χ0n) is 22.0. The molecule has 7 atom stereocenters. The lowest BCUT2D eigenvalue weighted by Gasteiger charge is -2.44. The Hall–Kier alpha value is -3.55. The maximum atomic E-state index is 12.5. The SMILES string of the molecule is COC(=O)C(NOC(=O)Cc1ccccc1)C(C)OC1OC(C)C(OC(C)=O)C(OC(C)=O)C1OC(C)=O. The van der Waals surface area contributed by atoms with Crippen LogP contribution in [-0.4, -0.2) is 79.8 Å². The van der Waals surface area contributed by atoms with Crippen molar-refractivity contribution in [3.05, 3.63) is 35.9 Å². The first-order chi connectivity index (χ1) is 17.9. The van der Waals surface area contributed by atoms with Crippen LogP contribution in [0.15, 0.2) is 30.3 Å². The highest BCUT2D eigenvalue weighted by Crippen LogP contribution is 2.30. The van der Waals surface area contributed by atoms with Crippen LogP contribution in [0.5, 0.6) is 0 Å². The van der Waals surface area contributed by atoms with Gasteiger partial charge in [0, 0.05) is 20.8 Å². The minimum atomic E-state index is -1.38. The van der Waals surface area contributed by atoms with Crippen LogP contribution in [0.3, 0.4) is 0 Å². The molecule has 1 aliphatic heterocycles. The third kappa shape index (κ3) is 9.08. The third-order valence-electron chi connectivity index (χ3n) is 5.40. The lowest BCUT2D eigenvalue weighted by molar-refractivity contribution is -0.311. The monoisotopic (exact) mass is 539 g/mol. The predicted octanol–water partition coefficient (Wildman–Crippen LogP) is 0.764. The predicted molar refractivity (Wildman–Crippen MR) is 127 cm³/mol. The summed E-state index contributed by atoms with van der Waals surface area (Å²) >= 11 is 0. The number of hydroxylamine groups is 1. The lowest BCUT2D eigenvalue weighted by atomic mass is 9.98. The fourth-order valence-corrected chi connectivity index (χ4v) is 3.76. The van der Waals surface area contributed by atoms with Crippen molar-refractivity contribution in [2.24, 2.45) is 0 Å². The normalized spacial score (nSPS) is 24.3. The van der Waals surface area contributed by atoms with Gasteiger partial charge in [0.05, 0.1) is 25.7 Å². The van der Waals surface area contributed by atoms with Gasteiger partial charge in [-0.25, -0.2) is 0 Å². The molecule has 0 saturated carbocycles. The van der Waals surface area contributed by atoms with E-state index in [9.17, 15) is 24.0 Å². The van der Waals surface area contributed by atoms with Crippen molar-refractivity contribution in [2.45, 2.75) is 83.9 Å². The largest absolute Gasteiger partial charge is 0.468 e. The fraction of sp³-hybridized carbons (Fsp3) is 0.560. The Morgan fingerprint density at radius 3 is 2.00 bits per heavy atom. The van der Waals surface area contributed by atoms with Crippen LogP contribution in [0.4, 0.5) is 0 Å². The number of methoxy groups -OCH3 is 1. The van der Waals surface area contributed by atoms with Crippen molar-refractivity contribution in [3.8, 4) is 0 Å². The van der Waals surface area contributed by atoms with Crippen LogP contribution in [0.1, 0.15) is 40.2 Å². The quantitative estimate of drug-likeness (QED) is 0.238. The van der Waals surface area contributed by atoms with Gasteiger partial charge in [0.25, 0.3) is 0 Å². The molecule has 1 saturated heterocycles. The van der Waals surface area contributed by atoms with Crippen molar-refractivity contribution >= 4 is 29.8 Å². The molecule has 0 radical (unpaired) electrons. The Morgan fingerprint density at radius 2 is 1.45 bits per heavy atom. The van der Waals surface area contributed by atoms with Gasteiger partial charge in [-0.2, -0.15) is 0 Å². The van der Waals surface area contributed by atoms with Gasteiger partial charge in [0.2, 0.25) is 0 Å². The van der Waals surface area contributed by atoms with E-state index < -0.39 is 72.7 Å². The Kier molecular flexibility index (Phi) is 11.6. The maximum Gasteiger partial charge on any atom is 0.329 e. The molecule has 1 N–H and O–H groups in total. The second-order valence-corrected chi connectivity index (χ2v) is 8.53. The van der Waals surface area contributed by atoms with E-state index in [1.165, 1.54) is 13.8 Å². The number of carbonyl (C=O) groups is 5. The summed E-state index contributed by atoms with van der Waals surface area (Å²) in [4.78, 5) is 65.2. The average molecular weight is 540 g/mol. The summed E-state index contributed by atoms with van der Waals surface area (Å²) < 4.78 is 32.4. The topological polar surface area (TPSA) is 162 Å². The first kappa shape index (κ1) is 30.7. The molecular formula is C25H33NO12. The highest BCUT2D eigenvalue weighted by atomic mass is 16.7. The molecule has 13 nitrogen and oxygen atoms in total. The van der Waals surface area contributed by atoms with E-state index in [0.717, 1.165) is 27.9 Å². The fourth-order valence-electron chi connectivity index (χ4n) is 3.76. The molecule has 210 valence electrons. The summed E-state index contributed by atoms with van der Waals surface area (Å²) in [5.41, 5.74) is 3.06. The highest BCUT2D eigenvalue weighted by molar-refractivity contribution is 5.77. The molecule has 1 aliphatic rings. The lowest BCUT2D eigenvalue weighted by Crippen LogP contribution is -2.62. The number of nitrogens with one attached hydrogen (secondary N) is 1. The molecule has 0 bridgehead atoms. The van der Waals surface area contributed by atoms with E-state index in [1.54, 1.807) is 30.3 Å². The minimum Gasteiger partial charge on any atom is -0.468 e. The number of carbonyl (C=O) groups excluding carboxylic acids is 5. The number of rotatable bonds is 11. The van der Waals surface area contributed by atoms with Crippen molar-refractivity contribution < 1.29 is 57.2 Å². The van der Waals surface area contributed by atoms with Crippen LogP contribution >= 0.6 is 0 Å². The molecule has 1 fully saturated rings. The van der Waals surface area contributed by atoms with Crippen LogP contribution in [0.2, 0.25) is 0 Å². The van der Waals surface area contributed by atoms with Gasteiger partial charge < -0.3 is 33.3 Å². The number of benzene rings is 1. The molecule has 1 aromatic carbocycles. The summed E-state index contributed by atoms with van der Waals surface area (Å²) in [6.45, 7) is 6.41. The Balaban J connectivity index is 2.21. The molecule has 7 unspecified atom stereocenters. The molecule has 0 aromatic heterocycles. The van der Waals surface area contributed by atoms with E-state index in [0.29, 0.717) is 5.56 Å². The van der Waals surface area contributed by atoms with Gasteiger partial charge in [0.15, 0.2) is 30.6 Å². The van der Waals surface area contributed by atoms with Crippen LogP contribution < -0.4 is 5.48 Å². The van der Waals surface area contributed by atoms with Gasteiger partial charge in [-0.05, 0) is 19.4 Å². The number of ether oxygens (including phenoxy) is 6. The van der Waals surface area contributed by atoms with E-state index in [4.69, 9.17) is 33.3 Å². The van der Waals surface area contributed by atoms with Crippen LogP contribution in [-0.2, 0) is 63.7 Å². The number of hydrogen-bond donors (Lipinski definition) is 1. The highest BCUT2D eigenvalue weighted by Gasteiger charge is 2.52. The molecule has 2 rings (SSSR count). The molecule has 1 aromatic rings. The van der Waals surface area contributed by atoms with E-state index in [1.807, 2.05) is 0 Å². The van der Waals surface area contributed by atoms with E-state index in [-0.39, 0.29) is 6.42 Å². The zero-order valence-corrected chi connectivity index (χ0v) is 22.0. The van der Waals surface area contributed by atoms with Crippen LogP contribution in [0, 0.1) is 0 Å². The van der Waals surface area contributed by atoms with Crippen molar-refractivity contribution in [1.29, 1.82) is 0 Å². The summed E-state index contributed by atoms with van der Waals surface area (Å²) in [5.74, 6) is -3.66. The molecule has 38 heavy (non-hydrogen) atoms. The van der Waals surface area contributed by atoms with E-state index in [2.05, 4.69) is 5.48 Å². The minimum absolute atomic E-state index is 0.0592. The van der Waals surface area contributed by atoms with Crippen molar-refractivity contribution in [3.63, 3.8) is 0 Å². The van der Waals surface area contributed by atoms with Gasteiger partial charge in [-0.3, -0.25) is 24.0 Å². The Labute approximate surface area is 219 Å². The van der Waals surface area contributed by atoms with E-state index >= 15 is 0 Å². The first-order valence-electron chi connectivity index (χ1n) is 11.8. The summed E-state index contributed by atoms with van der Waals surface area (Å²) in [6, 6.07) is 7.49. The van der Waals surface area contributed by atoms with Gasteiger partial charge >= 0.3 is 29.8 Å². The molecule has 0 aliphatic carbocycles. The van der Waals surface area contributed by atoms with Crippen LogP contribution in [0.25, 0.3) is 0 Å². The van der Waals surface area contributed by atoms with Gasteiger partial charge in [-0.1, -0.05) is 30.3 Å². The molecular weight excluding hydrogens is 506 g/mol. The maximum absolute atomic E-state index is 12.5. The Morgan fingerprint density at radius 1 is 0.895 bits per heavy atom. The number of hydrogen-bond acceptors (Lipinski definition) is 13. The van der Waals surface area contributed by atoms with Gasteiger partial charge in [-0.15, -0.1) is 5.48 Å². The molecule has 0 spiro atoms. The second kappa shape index (κ2) is 14.4. The Bertz CT molecular complexity index is 984. The van der Waals surface area contributed by atoms with Crippen molar-refractivity contribution in [1.82, 2.24) is 5.48 Å². The molecule has 0 amide bonds. The third-order valence-corrected chi connectivity index (χ3v) is 5.40. The van der Waals surface area contributed by atoms with Gasteiger partial charge in [0.1, 0.15) is 0 Å². The summed E-state index contributed by atoms with van der Waals surface area (Å²) in [6.07, 6.45) is -7.19. The summed E-state index contributed by atoms with van der Waals surface area (Å²) in [7, 11) is 1.14. The average Bonchev–Trinajstić information content (AvgIpc) is 2.83. The number of esters is 4. The summed E-state index contributed by atoms with van der Waals surface area (Å²) in [5, 5.41) is 0. The standard InChI is InChI=1S/C25H33NO12/c1-13(20(24(31)32-6)26-38-19(30)12-18-10-8-7-9-11-18)33-25-23(37-17(5)29)22(36-16(4)28)21(14(2)34-25)35-15(3)27/h7-11,13-14,20-23,25-26H,12H2,1-6H3. The molecule has 13 heteroatoms. The smallest absolute Gasteiger partial charge is 0.329 e. The second-order valence-electron chi connectivity index (χ2n) is 8.53. The zero-order chi connectivity index (χ0) is 28.4. The van der Waals surface area contributed by atoms with Crippen molar-refractivity contribution in [2.75, 3.05) is 7.11 Å². The first-order valence-corrected chi connectivity index (χ1v) is 11.8. The molecule has 1 heterocycles.